The Kier molecular flexibility index (Phi) is 6.94. The van der Waals surface area contributed by atoms with Gasteiger partial charge in [-0.25, -0.2) is 0 Å². The average molecular weight is 625 g/mol. The van der Waals surface area contributed by atoms with E-state index in [-0.39, 0.29) is 24.5 Å². The molecule has 0 spiro atoms. The Morgan fingerprint density at radius 3 is 2.92 bits per heavy atom. The molecule has 8 heteroatoms. The second-order valence-electron chi connectivity index (χ2n) is 10.5. The van der Waals surface area contributed by atoms with Crippen molar-refractivity contribution in [2.45, 2.75) is 64.1 Å². The smallest absolute Gasteiger partial charge is 0.489 e. The molecule has 1 aliphatic carbocycles. The summed E-state index contributed by atoms with van der Waals surface area (Å²) >= 11 is -1.56. The molecule has 3 aliphatic rings. The SMILES string of the molecule is CC[C@@H]1CN(C2CCc3ccc(C(CC(=O)O)c4ccc5c(c4C)N=NI5C)cc32)Cc2cnccc2O1. The number of hydrogen-bond acceptors (Lipinski definition) is 6. The van der Waals surface area contributed by atoms with Gasteiger partial charge in [-0.15, -0.1) is 0 Å². The number of alkyl halides is 1. The van der Waals surface area contributed by atoms with Crippen LogP contribution in [0, 0.1) is 10.5 Å². The number of aromatic nitrogens is 1. The van der Waals surface area contributed by atoms with Crippen LogP contribution in [0.3, 0.4) is 0 Å². The Labute approximate surface area is 231 Å². The van der Waals surface area contributed by atoms with Crippen molar-refractivity contribution in [1.82, 2.24) is 9.88 Å². The number of carboxylic acid groups (broad SMARTS) is 1. The fraction of sp³-hybridized carbons (Fsp3) is 0.400. The van der Waals surface area contributed by atoms with Gasteiger partial charge in [-0.3, -0.25) is 4.98 Å². The Morgan fingerprint density at radius 2 is 2.11 bits per heavy atom. The fourth-order valence-electron chi connectivity index (χ4n) is 6.18. The molecule has 0 saturated carbocycles. The summed E-state index contributed by atoms with van der Waals surface area (Å²) < 4.78 is 12.1. The van der Waals surface area contributed by atoms with Crippen molar-refractivity contribution >= 4 is 31.7 Å². The maximum absolute atomic E-state index is 12.1. The van der Waals surface area contributed by atoms with E-state index in [9.17, 15) is 9.90 Å². The normalized spacial score (nSPS) is 21.8. The fourth-order valence-corrected chi connectivity index (χ4v) is 8.90. The summed E-state index contributed by atoms with van der Waals surface area (Å²) in [5.41, 5.74) is 7.93. The van der Waals surface area contributed by atoms with Crippen LogP contribution in [-0.2, 0) is 17.8 Å². The first-order chi connectivity index (χ1) is 18.4. The van der Waals surface area contributed by atoms with E-state index in [1.54, 1.807) is 6.20 Å². The number of carbonyl (C=O) groups is 1. The van der Waals surface area contributed by atoms with Crippen LogP contribution < -0.4 is 4.74 Å². The second-order valence-corrected chi connectivity index (χ2v) is 14.6. The van der Waals surface area contributed by atoms with Crippen molar-refractivity contribution in [3.05, 3.63) is 85.7 Å². The number of aliphatic carboxylic acids is 1. The van der Waals surface area contributed by atoms with Crippen LogP contribution in [0.1, 0.15) is 71.5 Å². The van der Waals surface area contributed by atoms with Crippen molar-refractivity contribution < 1.29 is 14.6 Å². The second kappa shape index (κ2) is 10.4. The van der Waals surface area contributed by atoms with Crippen LogP contribution in [0.25, 0.3) is 0 Å². The summed E-state index contributed by atoms with van der Waals surface area (Å²) in [7, 11) is 0. The van der Waals surface area contributed by atoms with Gasteiger partial charge in [-0.2, -0.15) is 0 Å². The van der Waals surface area contributed by atoms with Crippen LogP contribution in [0.5, 0.6) is 5.75 Å². The molecule has 2 aromatic carbocycles. The monoisotopic (exact) mass is 624 g/mol. The maximum atomic E-state index is 12.1. The molecule has 0 radical (unpaired) electrons. The molecule has 6 rings (SSSR count). The predicted molar refractivity (Wildman–Crippen MR) is 155 cm³/mol. The number of hydrogen-bond donors (Lipinski definition) is 1. The predicted octanol–water partition coefficient (Wildman–Crippen LogP) is 6.98. The van der Waals surface area contributed by atoms with Crippen LogP contribution >= 0.6 is 20.1 Å². The van der Waals surface area contributed by atoms with E-state index in [1.165, 1.54) is 14.7 Å². The number of pyridine rings is 1. The zero-order chi connectivity index (χ0) is 26.4. The first-order valence-electron chi connectivity index (χ1n) is 13.3. The topological polar surface area (TPSA) is 87.4 Å². The summed E-state index contributed by atoms with van der Waals surface area (Å²) in [6.07, 6.45) is 6.91. The Balaban J connectivity index is 1.37. The van der Waals surface area contributed by atoms with E-state index < -0.39 is 26.1 Å². The standard InChI is InChI=1S/C30H33IN4O3/c1-4-22-17-35(16-21-15-32-12-11-28(21)38-22)27-10-7-19-5-6-20(13-25(19)27)24(14-29(36)37)23-8-9-26-30(18(23)2)33-34-31(26)3/h5-6,8-9,11-13,15,22,24,27H,4,7,10,14,16-17H2,1-3H3,(H,36,37)/t22-,24?,27?/m1/s1. The Hall–Kier alpha value is -2.85. The third-order valence-corrected chi connectivity index (χ3v) is 11.6. The van der Waals surface area contributed by atoms with Gasteiger partial charge < -0.3 is 4.74 Å². The number of carboxylic acids is 1. The van der Waals surface area contributed by atoms with Gasteiger partial charge in [-0.05, 0) is 12.5 Å². The third-order valence-electron chi connectivity index (χ3n) is 8.20. The van der Waals surface area contributed by atoms with Crippen molar-refractivity contribution in [3.8, 4) is 5.75 Å². The minimum atomic E-state index is -1.56. The van der Waals surface area contributed by atoms with Crippen LogP contribution in [-0.4, -0.2) is 38.5 Å². The Bertz CT molecular complexity index is 1420. The minimum absolute atomic E-state index is 0.0448. The van der Waals surface area contributed by atoms with Gasteiger partial charge in [0.1, 0.15) is 5.75 Å². The van der Waals surface area contributed by atoms with E-state index >= 15 is 0 Å². The summed E-state index contributed by atoms with van der Waals surface area (Å²) in [5, 5.41) is 14.4. The number of halogens is 1. The molecule has 0 saturated heterocycles. The molecule has 0 amide bonds. The summed E-state index contributed by atoms with van der Waals surface area (Å²) in [6, 6.07) is 13.1. The van der Waals surface area contributed by atoms with E-state index in [1.807, 2.05) is 12.3 Å². The molecule has 3 atom stereocenters. The zero-order valence-corrected chi connectivity index (χ0v) is 24.2. The van der Waals surface area contributed by atoms with E-state index in [2.05, 4.69) is 67.4 Å². The van der Waals surface area contributed by atoms with Gasteiger partial charge >= 0.3 is 185 Å². The van der Waals surface area contributed by atoms with Gasteiger partial charge in [0.15, 0.2) is 0 Å². The van der Waals surface area contributed by atoms with Gasteiger partial charge in [0, 0.05) is 12.4 Å². The molecule has 3 aromatic rings. The molecule has 2 aliphatic heterocycles. The van der Waals surface area contributed by atoms with Crippen molar-refractivity contribution in [2.75, 3.05) is 11.5 Å². The first-order valence-corrected chi connectivity index (χ1v) is 17.5. The molecule has 0 bridgehead atoms. The molecule has 38 heavy (non-hydrogen) atoms. The average Bonchev–Trinajstić information content (AvgIpc) is 3.45. The van der Waals surface area contributed by atoms with E-state index in [0.29, 0.717) is 0 Å². The number of aryl methyl sites for hydroxylation is 1. The van der Waals surface area contributed by atoms with Crippen LogP contribution in [0.2, 0.25) is 0 Å². The molecule has 1 N–H and O–H groups in total. The molecule has 7 nitrogen and oxygen atoms in total. The van der Waals surface area contributed by atoms with Crippen molar-refractivity contribution in [3.63, 3.8) is 0 Å². The number of benzene rings is 2. The molecule has 2 unspecified atom stereocenters. The number of ether oxygens (including phenoxy) is 1. The van der Waals surface area contributed by atoms with Gasteiger partial charge in [0.25, 0.3) is 0 Å². The van der Waals surface area contributed by atoms with Crippen LogP contribution in [0.15, 0.2) is 57.2 Å². The number of nitrogens with zero attached hydrogens (tertiary/aromatic N) is 4. The molecule has 1 aromatic heterocycles. The molecule has 0 fully saturated rings. The van der Waals surface area contributed by atoms with E-state index in [4.69, 9.17) is 4.74 Å². The Morgan fingerprint density at radius 1 is 1.24 bits per heavy atom. The van der Waals surface area contributed by atoms with Gasteiger partial charge in [0.2, 0.25) is 0 Å². The van der Waals surface area contributed by atoms with Gasteiger partial charge in [0.05, 0.1) is 0 Å². The molecule has 198 valence electrons. The third kappa shape index (κ3) is 4.62. The van der Waals surface area contributed by atoms with Gasteiger partial charge in [-0.1, -0.05) is 6.92 Å². The molecular weight excluding hydrogens is 591 g/mol. The quantitative estimate of drug-likeness (QED) is 0.236. The van der Waals surface area contributed by atoms with Crippen molar-refractivity contribution in [1.29, 1.82) is 0 Å². The number of rotatable bonds is 6. The summed E-state index contributed by atoms with van der Waals surface area (Å²) in [5.74, 6) is -0.0954. The summed E-state index contributed by atoms with van der Waals surface area (Å²) in [6.45, 7) is 5.90. The zero-order valence-electron chi connectivity index (χ0n) is 22.0. The first kappa shape index (κ1) is 25.4. The van der Waals surface area contributed by atoms with E-state index in [0.717, 1.165) is 66.0 Å². The summed E-state index contributed by atoms with van der Waals surface area (Å²) in [4.78, 5) is 21.2. The molecule has 3 heterocycles. The molecular formula is C30H33IN4O3. The van der Waals surface area contributed by atoms with Crippen LogP contribution in [0.4, 0.5) is 5.69 Å². The number of fused-ring (bicyclic) bond motifs is 3. The minimum Gasteiger partial charge on any atom is -0.489 e. The van der Waals surface area contributed by atoms with Crippen molar-refractivity contribution in [2.24, 2.45) is 8.44 Å².